The Bertz CT molecular complexity index is 2110. The van der Waals surface area contributed by atoms with Gasteiger partial charge in [-0.3, -0.25) is 18.7 Å². The van der Waals surface area contributed by atoms with Crippen LogP contribution in [0.5, 0.6) is 0 Å². The van der Waals surface area contributed by atoms with Gasteiger partial charge in [0.15, 0.2) is 18.4 Å². The molecule has 2 heterocycles. The number of carbonyl (C=O) groups is 4. The Morgan fingerprint density at radius 1 is 0.755 bits per heavy atom. The van der Waals surface area contributed by atoms with Gasteiger partial charge in [0, 0.05) is 31.5 Å². The van der Waals surface area contributed by atoms with Crippen LogP contribution in [0.2, 0.25) is 0 Å². The molecular formula is C36H35N2O14P. The van der Waals surface area contributed by atoms with Crippen molar-refractivity contribution in [3.63, 3.8) is 0 Å². The second-order valence-corrected chi connectivity index (χ2v) is 13.7. The van der Waals surface area contributed by atoms with Gasteiger partial charge in [0.25, 0.3) is 17.3 Å². The fourth-order valence-electron chi connectivity index (χ4n) is 5.48. The van der Waals surface area contributed by atoms with E-state index in [1.165, 1.54) is 43.3 Å². The Balaban J connectivity index is 1.64. The minimum Gasteiger partial charge on any atom is -0.467 e. The summed E-state index contributed by atoms with van der Waals surface area (Å²) in [5, 5.41) is 0. The maximum Gasteiger partial charge on any atom is 0.370 e. The molecule has 17 heteroatoms. The molecule has 1 fully saturated rings. The second kappa shape index (κ2) is 16.9. The van der Waals surface area contributed by atoms with Crippen molar-refractivity contribution >= 4 is 31.4 Å². The molecule has 53 heavy (non-hydrogen) atoms. The van der Waals surface area contributed by atoms with E-state index in [0.717, 1.165) is 32.1 Å². The second-order valence-electron chi connectivity index (χ2n) is 11.5. The first-order valence-electron chi connectivity index (χ1n) is 16.0. The molecule has 0 radical (unpaired) electrons. The summed E-state index contributed by atoms with van der Waals surface area (Å²) in [5.74, 6) is -5.87. The van der Waals surface area contributed by atoms with Crippen LogP contribution in [0.4, 0.5) is 0 Å². The zero-order valence-electron chi connectivity index (χ0n) is 28.9. The molecular weight excluding hydrogens is 715 g/mol. The summed E-state index contributed by atoms with van der Waals surface area (Å²) in [5.41, 5.74) is -1.97. The maximum absolute atomic E-state index is 14.1. The summed E-state index contributed by atoms with van der Waals surface area (Å²) in [6.07, 6.45) is -5.31. The predicted molar refractivity (Wildman–Crippen MR) is 184 cm³/mol. The number of hydrogen-bond donors (Lipinski definition) is 0. The van der Waals surface area contributed by atoms with Crippen molar-refractivity contribution in [3.05, 3.63) is 140 Å². The lowest BCUT2D eigenvalue weighted by Crippen LogP contribution is -2.48. The molecule has 5 rings (SSSR count). The Labute approximate surface area is 302 Å². The molecule has 1 aliphatic rings. The molecule has 0 bridgehead atoms. The van der Waals surface area contributed by atoms with Crippen LogP contribution in [0, 0.1) is 6.92 Å². The fourth-order valence-corrected chi connectivity index (χ4v) is 6.64. The molecule has 0 amide bonds. The molecule has 1 saturated heterocycles. The van der Waals surface area contributed by atoms with Crippen molar-refractivity contribution in [2.24, 2.45) is 0 Å². The molecule has 4 aromatic rings. The van der Waals surface area contributed by atoms with Gasteiger partial charge in [-0.05, 0) is 43.3 Å². The molecule has 1 aliphatic heterocycles. The number of esters is 3. The Kier molecular flexibility index (Phi) is 12.3. The van der Waals surface area contributed by atoms with Crippen LogP contribution in [0.1, 0.15) is 42.9 Å². The molecule has 0 N–H and O–H groups in total. The van der Waals surface area contributed by atoms with E-state index in [2.05, 4.69) is 0 Å². The third-order valence-corrected chi connectivity index (χ3v) is 10.1. The molecule has 1 aromatic heterocycles. The van der Waals surface area contributed by atoms with Gasteiger partial charge in [-0.1, -0.05) is 54.6 Å². The highest BCUT2D eigenvalue weighted by Gasteiger charge is 2.53. The van der Waals surface area contributed by atoms with Crippen LogP contribution in [-0.2, 0) is 42.1 Å². The lowest BCUT2D eigenvalue weighted by Gasteiger charge is -2.26. The topological polar surface area (TPSA) is 194 Å². The minimum absolute atomic E-state index is 0.0266. The van der Waals surface area contributed by atoms with Gasteiger partial charge in [-0.2, -0.15) is 4.57 Å². The number of rotatable bonds is 13. The molecule has 0 saturated carbocycles. The average Bonchev–Trinajstić information content (AvgIpc) is 3.52. The van der Waals surface area contributed by atoms with E-state index < -0.39 is 79.7 Å². The molecule has 16 nitrogen and oxygen atoms in total. The van der Waals surface area contributed by atoms with Gasteiger partial charge in [-0.25, -0.2) is 19.2 Å². The first-order valence-corrected chi connectivity index (χ1v) is 17.6. The zero-order chi connectivity index (χ0) is 38.3. The number of nitrogens with zero attached hydrogens (tertiary/aromatic N) is 2. The quantitative estimate of drug-likeness (QED) is 0.110. The van der Waals surface area contributed by atoms with Gasteiger partial charge < -0.3 is 32.7 Å². The molecule has 5 atom stereocenters. The van der Waals surface area contributed by atoms with Gasteiger partial charge in [0.05, 0.1) is 24.8 Å². The summed E-state index contributed by atoms with van der Waals surface area (Å²) in [6.45, 7) is 0.643. The Morgan fingerprint density at radius 2 is 1.25 bits per heavy atom. The van der Waals surface area contributed by atoms with Gasteiger partial charge >= 0.3 is 31.2 Å². The maximum atomic E-state index is 14.1. The summed E-state index contributed by atoms with van der Waals surface area (Å²) in [6, 6.07) is 23.1. The van der Waals surface area contributed by atoms with Crippen molar-refractivity contribution in [3.8, 4) is 0 Å². The van der Waals surface area contributed by atoms with Crippen LogP contribution < -0.4 is 11.2 Å². The Hall–Kier alpha value is -5.51. The summed E-state index contributed by atoms with van der Waals surface area (Å²) >= 11 is 0. The van der Waals surface area contributed by atoms with Gasteiger partial charge in [0.1, 0.15) is 6.10 Å². The fraction of sp³-hybridized carbons (Fsp3) is 0.278. The number of aromatic nitrogens is 2. The van der Waals surface area contributed by atoms with E-state index in [0.29, 0.717) is 4.57 Å². The van der Waals surface area contributed by atoms with Gasteiger partial charge in [0.2, 0.25) is 0 Å². The number of hydrogen-bond acceptors (Lipinski definition) is 14. The number of methoxy groups -OCH3 is 1. The molecule has 0 aliphatic carbocycles. The normalized spacial score (nSPS) is 18.9. The van der Waals surface area contributed by atoms with Crippen molar-refractivity contribution < 1.29 is 56.5 Å². The SMILES string of the molecule is COC(=O)C(OC[C@H]1O[C@@H](n2cc(C)c(=O)n(C(=O)c3ccccc3)c2=O)[C@H](OC(=O)c2ccccc2)[C@@H]1OC(=O)c1ccccc1)P(=O)(OC)OC. The molecule has 278 valence electrons. The van der Waals surface area contributed by atoms with Crippen molar-refractivity contribution in [1.29, 1.82) is 0 Å². The highest BCUT2D eigenvalue weighted by atomic mass is 31.2. The average molecular weight is 751 g/mol. The molecule has 3 aromatic carbocycles. The van der Waals surface area contributed by atoms with E-state index in [4.69, 9.17) is 32.7 Å². The Morgan fingerprint density at radius 3 is 1.74 bits per heavy atom. The van der Waals surface area contributed by atoms with Crippen molar-refractivity contribution in [1.82, 2.24) is 9.13 Å². The van der Waals surface area contributed by atoms with E-state index >= 15 is 0 Å². The van der Waals surface area contributed by atoms with Crippen LogP contribution in [0.15, 0.2) is 107 Å². The van der Waals surface area contributed by atoms with Crippen molar-refractivity contribution in [2.75, 3.05) is 27.9 Å². The van der Waals surface area contributed by atoms with Crippen LogP contribution in [-0.4, -0.2) is 85.0 Å². The number of carbonyl (C=O) groups excluding carboxylic acids is 4. The van der Waals surface area contributed by atoms with E-state index in [9.17, 15) is 33.3 Å². The molecule has 0 spiro atoms. The summed E-state index contributed by atoms with van der Waals surface area (Å²) < 4.78 is 53.0. The highest BCUT2D eigenvalue weighted by molar-refractivity contribution is 7.55. The van der Waals surface area contributed by atoms with E-state index in [1.807, 2.05) is 0 Å². The minimum atomic E-state index is -4.31. The zero-order valence-corrected chi connectivity index (χ0v) is 29.8. The van der Waals surface area contributed by atoms with Crippen LogP contribution >= 0.6 is 7.60 Å². The predicted octanol–water partition coefficient (Wildman–Crippen LogP) is 3.36. The standard InChI is InChI=1S/C36H35N2O14P/c1-22-20-37(36(44)38(29(22)39)30(40)23-14-8-5-9-15-23)31-28(52-33(42)25-18-12-7-13-19-25)27(51-32(41)24-16-10-6-11-17-24)26(50-31)21-49-35(34(43)46-2)53(45,47-3)48-4/h5-20,26-28,31,35H,21H2,1-4H3/t26-,27-,28-,31-,35?/m1/s1. The summed E-state index contributed by atoms with van der Waals surface area (Å²) in [7, 11) is -1.25. The number of benzene rings is 3. The van der Waals surface area contributed by atoms with Gasteiger partial charge in [-0.15, -0.1) is 0 Å². The van der Waals surface area contributed by atoms with Crippen LogP contribution in [0.3, 0.4) is 0 Å². The monoisotopic (exact) mass is 750 g/mol. The van der Waals surface area contributed by atoms with E-state index in [1.54, 1.807) is 54.6 Å². The largest absolute Gasteiger partial charge is 0.467 e. The third kappa shape index (κ3) is 8.27. The lowest BCUT2D eigenvalue weighted by molar-refractivity contribution is -0.153. The highest BCUT2D eigenvalue weighted by Crippen LogP contribution is 2.52. The summed E-state index contributed by atoms with van der Waals surface area (Å²) in [4.78, 5) is 80.8. The number of aryl methyl sites for hydroxylation is 1. The van der Waals surface area contributed by atoms with Crippen LogP contribution in [0.25, 0.3) is 0 Å². The first-order chi connectivity index (χ1) is 25.4. The molecule has 1 unspecified atom stereocenters. The van der Waals surface area contributed by atoms with Crippen molar-refractivity contribution in [2.45, 2.75) is 37.3 Å². The third-order valence-electron chi connectivity index (χ3n) is 8.19. The first kappa shape index (κ1) is 38.7. The lowest BCUT2D eigenvalue weighted by atomic mass is 10.1. The van der Waals surface area contributed by atoms with E-state index in [-0.39, 0.29) is 22.3 Å². The number of ether oxygens (including phenoxy) is 5. The smallest absolute Gasteiger partial charge is 0.370 e.